The molecule has 0 unspecified atom stereocenters. The van der Waals surface area contributed by atoms with Gasteiger partial charge in [0.15, 0.2) is 5.69 Å². The fourth-order valence-corrected chi connectivity index (χ4v) is 3.72. The van der Waals surface area contributed by atoms with Crippen LogP contribution in [0.25, 0.3) is 0 Å². The zero-order valence-electron chi connectivity index (χ0n) is 21.6. The maximum absolute atomic E-state index is 13.1. The molecule has 0 fully saturated rings. The van der Waals surface area contributed by atoms with Gasteiger partial charge in [-0.25, -0.2) is 0 Å². The minimum absolute atomic E-state index is 0.0772. The lowest BCUT2D eigenvalue weighted by molar-refractivity contribution is 0.0943. The Morgan fingerprint density at radius 1 is 1.03 bits per heavy atom. The number of aryl methyl sites for hydroxylation is 1. The molecule has 4 rings (SSSR count). The van der Waals surface area contributed by atoms with Gasteiger partial charge in [-0.1, -0.05) is 45.0 Å². The SMILES string of the molecule is CCn1cc(NC(=O)c2cccc(COc3ccc(C(C)(C)C)cc3)c2)c(C(=O)NCc2ccco2)n1. The molecule has 2 heterocycles. The first-order valence-electron chi connectivity index (χ1n) is 12.2. The van der Waals surface area contributed by atoms with Gasteiger partial charge in [-0.2, -0.15) is 5.10 Å². The van der Waals surface area contributed by atoms with Crippen LogP contribution in [0.15, 0.2) is 77.5 Å². The molecule has 0 atom stereocenters. The van der Waals surface area contributed by atoms with E-state index in [0.717, 1.165) is 11.3 Å². The highest BCUT2D eigenvalue weighted by Gasteiger charge is 2.20. The van der Waals surface area contributed by atoms with E-state index in [4.69, 9.17) is 9.15 Å². The molecule has 0 bridgehead atoms. The Hall–Kier alpha value is -4.33. The van der Waals surface area contributed by atoms with Gasteiger partial charge in [0.1, 0.15) is 18.1 Å². The summed E-state index contributed by atoms with van der Waals surface area (Å²) in [5.41, 5.74) is 3.10. The Morgan fingerprint density at radius 3 is 2.49 bits per heavy atom. The van der Waals surface area contributed by atoms with E-state index in [1.807, 2.05) is 31.2 Å². The first-order valence-corrected chi connectivity index (χ1v) is 12.2. The summed E-state index contributed by atoms with van der Waals surface area (Å²) in [6.45, 7) is 9.51. The average molecular weight is 501 g/mol. The summed E-state index contributed by atoms with van der Waals surface area (Å²) in [7, 11) is 0. The van der Waals surface area contributed by atoms with E-state index in [9.17, 15) is 9.59 Å². The van der Waals surface area contributed by atoms with Crippen LogP contribution in [0.1, 0.15) is 65.4 Å². The molecule has 8 nitrogen and oxygen atoms in total. The lowest BCUT2D eigenvalue weighted by Gasteiger charge is -2.19. The molecule has 0 radical (unpaired) electrons. The summed E-state index contributed by atoms with van der Waals surface area (Å²) in [6.07, 6.45) is 3.19. The molecule has 2 N–H and O–H groups in total. The van der Waals surface area contributed by atoms with Crippen molar-refractivity contribution in [3.63, 3.8) is 0 Å². The molecular formula is C29H32N4O4. The number of anilines is 1. The third-order valence-electron chi connectivity index (χ3n) is 5.87. The van der Waals surface area contributed by atoms with Crippen LogP contribution >= 0.6 is 0 Å². The second kappa shape index (κ2) is 11.2. The molecule has 2 aromatic heterocycles. The van der Waals surface area contributed by atoms with E-state index in [1.165, 1.54) is 5.56 Å². The van der Waals surface area contributed by atoms with E-state index >= 15 is 0 Å². The highest BCUT2D eigenvalue weighted by Crippen LogP contribution is 2.25. The van der Waals surface area contributed by atoms with Gasteiger partial charge in [-0.3, -0.25) is 14.3 Å². The Kier molecular flexibility index (Phi) is 7.77. The normalized spacial score (nSPS) is 11.2. The number of hydrogen-bond donors (Lipinski definition) is 2. The number of hydrogen-bond acceptors (Lipinski definition) is 5. The molecular weight excluding hydrogens is 468 g/mol. The number of ether oxygens (including phenoxy) is 1. The number of rotatable bonds is 9. The van der Waals surface area contributed by atoms with Gasteiger partial charge in [0.2, 0.25) is 0 Å². The number of carbonyl (C=O) groups is 2. The third kappa shape index (κ3) is 6.67. The van der Waals surface area contributed by atoms with E-state index in [1.54, 1.807) is 41.4 Å². The summed E-state index contributed by atoms with van der Waals surface area (Å²) in [4.78, 5) is 25.8. The summed E-state index contributed by atoms with van der Waals surface area (Å²) in [5.74, 6) is 0.642. The predicted octanol–water partition coefficient (Wildman–Crippen LogP) is 5.55. The number of furan rings is 1. The molecule has 0 aliphatic heterocycles. The second-order valence-electron chi connectivity index (χ2n) is 9.73. The molecule has 8 heteroatoms. The van der Waals surface area contributed by atoms with Gasteiger partial charge in [-0.05, 0) is 59.9 Å². The van der Waals surface area contributed by atoms with Gasteiger partial charge in [0.05, 0.1) is 18.5 Å². The third-order valence-corrected chi connectivity index (χ3v) is 5.87. The van der Waals surface area contributed by atoms with Crippen LogP contribution in [0.5, 0.6) is 5.75 Å². The fraction of sp³-hybridized carbons (Fsp3) is 0.276. The van der Waals surface area contributed by atoms with Crippen LogP contribution in [0.2, 0.25) is 0 Å². The van der Waals surface area contributed by atoms with Crippen molar-refractivity contribution in [1.29, 1.82) is 0 Å². The first kappa shape index (κ1) is 25.8. The topological polar surface area (TPSA) is 98.4 Å². The Labute approximate surface area is 216 Å². The summed E-state index contributed by atoms with van der Waals surface area (Å²) >= 11 is 0. The van der Waals surface area contributed by atoms with Crippen LogP contribution in [0.4, 0.5) is 5.69 Å². The van der Waals surface area contributed by atoms with Crippen molar-refractivity contribution >= 4 is 17.5 Å². The van der Waals surface area contributed by atoms with Crippen molar-refractivity contribution in [2.45, 2.75) is 52.8 Å². The van der Waals surface area contributed by atoms with Gasteiger partial charge in [0.25, 0.3) is 11.8 Å². The van der Waals surface area contributed by atoms with Crippen LogP contribution in [-0.2, 0) is 25.1 Å². The van der Waals surface area contributed by atoms with Crippen molar-refractivity contribution < 1.29 is 18.7 Å². The monoisotopic (exact) mass is 500 g/mol. The highest BCUT2D eigenvalue weighted by atomic mass is 16.5. The quantitative estimate of drug-likeness (QED) is 0.314. The molecule has 192 valence electrons. The van der Waals surface area contributed by atoms with Gasteiger partial charge < -0.3 is 19.8 Å². The number of nitrogens with zero attached hydrogens (tertiary/aromatic N) is 2. The van der Waals surface area contributed by atoms with Crippen LogP contribution in [0.3, 0.4) is 0 Å². The Bertz CT molecular complexity index is 1350. The summed E-state index contributed by atoms with van der Waals surface area (Å²) < 4.78 is 12.8. The number of nitrogens with one attached hydrogen (secondary N) is 2. The number of carbonyl (C=O) groups excluding carboxylic acids is 2. The zero-order chi connectivity index (χ0) is 26.4. The summed E-state index contributed by atoms with van der Waals surface area (Å²) in [6, 6.07) is 18.8. The highest BCUT2D eigenvalue weighted by molar-refractivity contribution is 6.08. The fourth-order valence-electron chi connectivity index (χ4n) is 3.72. The van der Waals surface area contributed by atoms with E-state index in [0.29, 0.717) is 30.2 Å². The number of amides is 2. The Balaban J connectivity index is 1.41. The van der Waals surface area contributed by atoms with E-state index in [-0.39, 0.29) is 23.6 Å². The molecule has 2 aromatic carbocycles. The lowest BCUT2D eigenvalue weighted by Crippen LogP contribution is -2.25. The molecule has 0 aliphatic rings. The smallest absolute Gasteiger partial charge is 0.274 e. The largest absolute Gasteiger partial charge is 0.489 e. The maximum Gasteiger partial charge on any atom is 0.274 e. The van der Waals surface area contributed by atoms with Gasteiger partial charge in [-0.15, -0.1) is 0 Å². The summed E-state index contributed by atoms with van der Waals surface area (Å²) in [5, 5.41) is 9.91. The minimum atomic E-state index is -0.404. The van der Waals surface area contributed by atoms with Crippen LogP contribution in [0, 0.1) is 0 Å². The Morgan fingerprint density at radius 2 is 1.81 bits per heavy atom. The molecule has 0 aliphatic carbocycles. The molecule has 0 saturated carbocycles. The maximum atomic E-state index is 13.1. The van der Waals surface area contributed by atoms with Crippen molar-refractivity contribution in [1.82, 2.24) is 15.1 Å². The van der Waals surface area contributed by atoms with E-state index < -0.39 is 5.91 Å². The molecule has 0 spiro atoms. The zero-order valence-corrected chi connectivity index (χ0v) is 21.6. The van der Waals surface area contributed by atoms with Crippen molar-refractivity contribution in [3.8, 4) is 5.75 Å². The minimum Gasteiger partial charge on any atom is -0.489 e. The molecule has 2 amide bonds. The average Bonchev–Trinajstić information content (AvgIpc) is 3.56. The number of aromatic nitrogens is 2. The van der Waals surface area contributed by atoms with Crippen molar-refractivity contribution in [3.05, 3.63) is 101 Å². The second-order valence-corrected chi connectivity index (χ2v) is 9.73. The first-order chi connectivity index (χ1) is 17.7. The van der Waals surface area contributed by atoms with Crippen LogP contribution in [-0.4, -0.2) is 21.6 Å². The van der Waals surface area contributed by atoms with Crippen LogP contribution < -0.4 is 15.4 Å². The molecule has 37 heavy (non-hydrogen) atoms. The number of benzene rings is 2. The molecule has 4 aromatic rings. The van der Waals surface area contributed by atoms with Gasteiger partial charge in [0, 0.05) is 18.3 Å². The van der Waals surface area contributed by atoms with E-state index in [2.05, 4.69) is 48.6 Å². The predicted molar refractivity (Wildman–Crippen MR) is 142 cm³/mol. The van der Waals surface area contributed by atoms with Crippen molar-refractivity contribution in [2.75, 3.05) is 5.32 Å². The van der Waals surface area contributed by atoms with Gasteiger partial charge >= 0.3 is 0 Å². The molecule has 0 saturated heterocycles. The lowest BCUT2D eigenvalue weighted by atomic mass is 9.87. The standard InChI is InChI=1S/C29H32N4O4/c1-5-33-18-25(26(32-33)28(35)30-17-24-10-7-15-36-24)31-27(34)21-9-6-8-20(16-21)19-37-23-13-11-22(12-14-23)29(2,3)4/h6-16,18H,5,17,19H2,1-4H3,(H,30,35)(H,31,34). The van der Waals surface area contributed by atoms with Crippen molar-refractivity contribution in [2.24, 2.45) is 0 Å².